The number of hydrogen-bond donors (Lipinski definition) is 1. The van der Waals surface area contributed by atoms with Gasteiger partial charge in [-0.1, -0.05) is 44.0 Å². The maximum atomic E-state index is 12.2. The zero-order valence-corrected chi connectivity index (χ0v) is 11.8. The summed E-state index contributed by atoms with van der Waals surface area (Å²) in [7, 11) is 1.39. The highest BCUT2D eigenvalue weighted by atomic mass is 16.5. The molecule has 0 aromatic heterocycles. The van der Waals surface area contributed by atoms with Gasteiger partial charge in [-0.25, -0.2) is 4.79 Å². The van der Waals surface area contributed by atoms with Crippen LogP contribution < -0.4 is 5.32 Å². The fourth-order valence-electron chi connectivity index (χ4n) is 2.17. The molecule has 0 aliphatic rings. The molecule has 19 heavy (non-hydrogen) atoms. The number of ether oxygens (including phenoxy) is 1. The van der Waals surface area contributed by atoms with E-state index < -0.39 is 5.54 Å². The molecule has 0 fully saturated rings. The minimum Gasteiger partial charge on any atom is -0.467 e. The number of terminal acetylenes is 1. The Balaban J connectivity index is 3.19. The summed E-state index contributed by atoms with van der Waals surface area (Å²) in [6, 6.07) is 7.98. The largest absolute Gasteiger partial charge is 0.467 e. The van der Waals surface area contributed by atoms with Gasteiger partial charge in [0.05, 0.1) is 13.7 Å². The van der Waals surface area contributed by atoms with Gasteiger partial charge in [-0.2, -0.15) is 0 Å². The summed E-state index contributed by atoms with van der Waals surface area (Å²) < 4.78 is 4.94. The molecule has 0 amide bonds. The lowest BCUT2D eigenvalue weighted by atomic mass is 9.86. The second-order valence-electron chi connectivity index (χ2n) is 4.36. The third kappa shape index (κ3) is 3.15. The van der Waals surface area contributed by atoms with Gasteiger partial charge in [0.1, 0.15) is 5.54 Å². The number of nitrogens with one attached hydrogen (secondary N) is 1. The molecule has 1 aromatic carbocycles. The lowest BCUT2D eigenvalue weighted by Gasteiger charge is -2.31. The van der Waals surface area contributed by atoms with Crippen LogP contribution in [-0.4, -0.2) is 19.6 Å². The molecule has 1 rings (SSSR count). The van der Waals surface area contributed by atoms with E-state index in [4.69, 9.17) is 11.2 Å². The zero-order valence-electron chi connectivity index (χ0n) is 11.8. The van der Waals surface area contributed by atoms with Crippen molar-refractivity contribution in [1.82, 2.24) is 5.32 Å². The van der Waals surface area contributed by atoms with Crippen molar-refractivity contribution in [3.05, 3.63) is 35.4 Å². The first-order valence-electron chi connectivity index (χ1n) is 6.50. The molecule has 0 saturated carbocycles. The van der Waals surface area contributed by atoms with E-state index >= 15 is 0 Å². The van der Waals surface area contributed by atoms with Crippen molar-refractivity contribution >= 4 is 5.97 Å². The normalized spacial score (nSPS) is 13.4. The second-order valence-corrected chi connectivity index (χ2v) is 4.36. The minimum atomic E-state index is -0.868. The van der Waals surface area contributed by atoms with Gasteiger partial charge in [0, 0.05) is 0 Å². The second kappa shape index (κ2) is 6.96. The maximum Gasteiger partial charge on any atom is 0.330 e. The molecule has 0 spiro atoms. The summed E-state index contributed by atoms with van der Waals surface area (Å²) in [5.41, 5.74) is 1.25. The molecule has 3 heteroatoms. The number of carbonyl (C=O) groups excluding carboxylic acids is 1. The molecular weight excluding hydrogens is 238 g/mol. The minimum absolute atomic E-state index is 0.311. The van der Waals surface area contributed by atoms with E-state index in [1.54, 1.807) is 0 Å². The van der Waals surface area contributed by atoms with Crippen LogP contribution in [0.2, 0.25) is 0 Å². The van der Waals surface area contributed by atoms with Crippen molar-refractivity contribution < 1.29 is 9.53 Å². The molecule has 0 saturated heterocycles. The lowest BCUT2D eigenvalue weighted by molar-refractivity contribution is -0.149. The molecule has 0 bridgehead atoms. The van der Waals surface area contributed by atoms with Crippen LogP contribution in [0.3, 0.4) is 0 Å². The van der Waals surface area contributed by atoms with Crippen LogP contribution in [0.25, 0.3) is 0 Å². The van der Waals surface area contributed by atoms with E-state index in [1.165, 1.54) is 12.7 Å². The Morgan fingerprint density at radius 1 is 1.37 bits per heavy atom. The highest BCUT2D eigenvalue weighted by Gasteiger charge is 2.39. The van der Waals surface area contributed by atoms with Gasteiger partial charge < -0.3 is 4.74 Å². The quantitative estimate of drug-likeness (QED) is 0.629. The van der Waals surface area contributed by atoms with Gasteiger partial charge in [-0.3, -0.25) is 5.32 Å². The predicted molar refractivity (Wildman–Crippen MR) is 76.6 cm³/mol. The number of esters is 1. The van der Waals surface area contributed by atoms with Crippen molar-refractivity contribution in [2.75, 3.05) is 13.7 Å². The highest BCUT2D eigenvalue weighted by molar-refractivity contribution is 5.82. The molecule has 1 atom stereocenters. The molecule has 3 nitrogen and oxygen atoms in total. The predicted octanol–water partition coefficient (Wildman–Crippen LogP) is 2.25. The van der Waals surface area contributed by atoms with Gasteiger partial charge in [-0.05, 0) is 24.0 Å². The fourth-order valence-corrected chi connectivity index (χ4v) is 2.17. The summed E-state index contributed by atoms with van der Waals surface area (Å²) in [6.45, 7) is 4.35. The smallest absolute Gasteiger partial charge is 0.330 e. The molecule has 0 aliphatic heterocycles. The molecule has 1 unspecified atom stereocenters. The summed E-state index contributed by atoms with van der Waals surface area (Å²) in [5.74, 6) is 2.20. The maximum absolute atomic E-state index is 12.2. The Kier molecular flexibility index (Phi) is 5.59. The number of methoxy groups -OCH3 is 1. The topological polar surface area (TPSA) is 38.3 Å². The Hall–Kier alpha value is -1.79. The van der Waals surface area contributed by atoms with Crippen molar-refractivity contribution in [3.63, 3.8) is 0 Å². The highest BCUT2D eigenvalue weighted by Crippen LogP contribution is 2.27. The summed E-state index contributed by atoms with van der Waals surface area (Å²) in [6.07, 6.45) is 6.84. The first kappa shape index (κ1) is 15.3. The Morgan fingerprint density at radius 3 is 2.42 bits per heavy atom. The number of carbonyl (C=O) groups is 1. The zero-order chi connectivity index (χ0) is 14.3. The molecule has 0 heterocycles. The van der Waals surface area contributed by atoms with E-state index in [0.29, 0.717) is 13.0 Å². The summed E-state index contributed by atoms with van der Waals surface area (Å²) in [5, 5.41) is 3.13. The summed E-state index contributed by atoms with van der Waals surface area (Å²) in [4.78, 5) is 12.2. The number of benzene rings is 1. The average molecular weight is 259 g/mol. The van der Waals surface area contributed by atoms with Crippen molar-refractivity contribution in [1.29, 1.82) is 0 Å². The Bertz CT molecular complexity index is 459. The van der Waals surface area contributed by atoms with Gasteiger partial charge in [0.2, 0.25) is 0 Å². The van der Waals surface area contributed by atoms with E-state index in [0.717, 1.165) is 12.0 Å². The number of hydrogen-bond acceptors (Lipinski definition) is 3. The third-order valence-corrected chi connectivity index (χ3v) is 3.41. The van der Waals surface area contributed by atoms with E-state index in [1.807, 2.05) is 31.2 Å². The first-order chi connectivity index (χ1) is 9.14. The monoisotopic (exact) mass is 259 g/mol. The Labute approximate surface area is 115 Å². The fraction of sp³-hybridized carbons (Fsp3) is 0.438. The van der Waals surface area contributed by atoms with Crippen molar-refractivity contribution in [3.8, 4) is 12.3 Å². The van der Waals surface area contributed by atoms with Crippen LogP contribution in [0.4, 0.5) is 0 Å². The van der Waals surface area contributed by atoms with Crippen LogP contribution in [0, 0.1) is 12.3 Å². The van der Waals surface area contributed by atoms with E-state index in [2.05, 4.69) is 18.2 Å². The van der Waals surface area contributed by atoms with Gasteiger partial charge in [-0.15, -0.1) is 6.42 Å². The van der Waals surface area contributed by atoms with Crippen LogP contribution in [0.15, 0.2) is 24.3 Å². The average Bonchev–Trinajstić information content (AvgIpc) is 2.48. The van der Waals surface area contributed by atoms with Crippen LogP contribution in [-0.2, 0) is 21.5 Å². The Morgan fingerprint density at radius 2 is 2.00 bits per heavy atom. The first-order valence-corrected chi connectivity index (χ1v) is 6.50. The molecule has 0 aliphatic carbocycles. The SMILES string of the molecule is C#CCNC(CC)(C(=O)OC)c1ccc(CC)cc1. The van der Waals surface area contributed by atoms with Crippen molar-refractivity contribution in [2.45, 2.75) is 32.2 Å². The lowest BCUT2D eigenvalue weighted by Crippen LogP contribution is -2.49. The van der Waals surface area contributed by atoms with Crippen molar-refractivity contribution in [2.24, 2.45) is 0 Å². The van der Waals surface area contributed by atoms with Gasteiger partial charge in [0.25, 0.3) is 0 Å². The molecule has 102 valence electrons. The van der Waals surface area contributed by atoms with E-state index in [-0.39, 0.29) is 5.97 Å². The molecule has 1 aromatic rings. The standard InChI is InChI=1S/C16H21NO2/c1-5-12-17-16(7-3,15(18)19-4)14-10-8-13(6-2)9-11-14/h1,8-11,17H,6-7,12H2,2-4H3. The summed E-state index contributed by atoms with van der Waals surface area (Å²) >= 11 is 0. The van der Waals surface area contributed by atoms with Gasteiger partial charge >= 0.3 is 5.97 Å². The number of rotatable bonds is 6. The molecule has 0 radical (unpaired) electrons. The van der Waals surface area contributed by atoms with Crippen LogP contribution in [0.1, 0.15) is 31.4 Å². The molecule has 1 N–H and O–H groups in total. The molecular formula is C16H21NO2. The van der Waals surface area contributed by atoms with Crippen LogP contribution in [0.5, 0.6) is 0 Å². The van der Waals surface area contributed by atoms with E-state index in [9.17, 15) is 4.79 Å². The third-order valence-electron chi connectivity index (χ3n) is 3.41. The van der Waals surface area contributed by atoms with Crippen LogP contribution >= 0.6 is 0 Å². The number of aryl methyl sites for hydroxylation is 1. The van der Waals surface area contributed by atoms with Gasteiger partial charge in [0.15, 0.2) is 0 Å².